The van der Waals surface area contributed by atoms with Gasteiger partial charge in [-0.25, -0.2) is 0 Å². The van der Waals surface area contributed by atoms with Crippen molar-refractivity contribution in [1.82, 2.24) is 19.6 Å². The Kier molecular flexibility index (Phi) is 3.87. The normalized spacial score (nSPS) is 12.9. The van der Waals surface area contributed by atoms with E-state index < -0.39 is 6.10 Å². The summed E-state index contributed by atoms with van der Waals surface area (Å²) in [5, 5.41) is 19.1. The Hall–Kier alpha value is -1.14. The molecule has 6 heteroatoms. The maximum absolute atomic E-state index is 10.5. The van der Waals surface area contributed by atoms with E-state index in [1.54, 1.807) is 4.68 Å². The Morgan fingerprint density at radius 1 is 1.28 bits per heavy atom. The van der Waals surface area contributed by atoms with E-state index in [1.165, 1.54) is 0 Å². The molecule has 98 valence electrons. The summed E-state index contributed by atoms with van der Waals surface area (Å²) < 4.78 is 4.20. The third kappa shape index (κ3) is 2.35. The first-order valence-corrected chi connectivity index (χ1v) is 6.79. The fourth-order valence-corrected chi connectivity index (χ4v) is 2.54. The highest BCUT2D eigenvalue weighted by Gasteiger charge is 2.21. The van der Waals surface area contributed by atoms with E-state index in [1.807, 2.05) is 38.0 Å². The van der Waals surface area contributed by atoms with Crippen LogP contribution in [0.15, 0.2) is 17.0 Å². The summed E-state index contributed by atoms with van der Waals surface area (Å²) in [6.45, 7) is 4.87. The summed E-state index contributed by atoms with van der Waals surface area (Å²) in [6, 6.07) is 0. The molecule has 0 saturated carbocycles. The van der Waals surface area contributed by atoms with Crippen LogP contribution in [0.2, 0.25) is 0 Å². The molecule has 5 nitrogen and oxygen atoms in total. The molecule has 0 saturated heterocycles. The van der Waals surface area contributed by atoms with Gasteiger partial charge in [0.1, 0.15) is 10.7 Å². The number of hydrogen-bond acceptors (Lipinski definition) is 3. The van der Waals surface area contributed by atoms with Crippen LogP contribution in [0, 0.1) is 0 Å². The Morgan fingerprint density at radius 2 is 2.00 bits per heavy atom. The van der Waals surface area contributed by atoms with E-state index in [0.29, 0.717) is 4.60 Å². The number of aromatic nitrogens is 4. The maximum Gasteiger partial charge on any atom is 0.134 e. The Balaban J connectivity index is 2.41. The van der Waals surface area contributed by atoms with Gasteiger partial charge in [-0.1, -0.05) is 6.92 Å². The van der Waals surface area contributed by atoms with Gasteiger partial charge in [0.15, 0.2) is 0 Å². The van der Waals surface area contributed by atoms with Crippen LogP contribution in [0.5, 0.6) is 0 Å². The van der Waals surface area contributed by atoms with E-state index >= 15 is 0 Å². The van der Waals surface area contributed by atoms with Gasteiger partial charge in [-0.2, -0.15) is 10.2 Å². The van der Waals surface area contributed by atoms with Crippen LogP contribution in [0.3, 0.4) is 0 Å². The summed E-state index contributed by atoms with van der Waals surface area (Å²) in [4.78, 5) is 0. The molecule has 1 N–H and O–H groups in total. The van der Waals surface area contributed by atoms with Crippen molar-refractivity contribution in [3.8, 4) is 0 Å². The zero-order valence-electron chi connectivity index (χ0n) is 10.8. The first kappa shape index (κ1) is 13.3. The maximum atomic E-state index is 10.5. The van der Waals surface area contributed by atoms with Crippen LogP contribution >= 0.6 is 15.9 Å². The summed E-state index contributed by atoms with van der Waals surface area (Å²) >= 11 is 3.37. The van der Waals surface area contributed by atoms with Crippen LogP contribution in [0.1, 0.15) is 36.8 Å². The third-order valence-corrected chi connectivity index (χ3v) is 3.54. The molecule has 0 fully saturated rings. The average molecular weight is 313 g/mol. The van der Waals surface area contributed by atoms with E-state index in [0.717, 1.165) is 29.8 Å². The second kappa shape index (κ2) is 5.24. The highest BCUT2D eigenvalue weighted by molar-refractivity contribution is 9.10. The smallest absolute Gasteiger partial charge is 0.134 e. The average Bonchev–Trinajstić information content (AvgIpc) is 2.91. The zero-order chi connectivity index (χ0) is 13.3. The summed E-state index contributed by atoms with van der Waals surface area (Å²) in [6.07, 6.45) is 3.83. The van der Waals surface area contributed by atoms with Gasteiger partial charge in [0, 0.05) is 37.1 Å². The highest BCUT2D eigenvalue weighted by Crippen LogP contribution is 2.29. The third-order valence-electron chi connectivity index (χ3n) is 2.93. The molecule has 2 aromatic heterocycles. The second-order valence-electron chi connectivity index (χ2n) is 4.19. The van der Waals surface area contributed by atoms with Crippen molar-refractivity contribution in [1.29, 1.82) is 0 Å². The Labute approximate surface area is 115 Å². The molecule has 1 unspecified atom stereocenters. The van der Waals surface area contributed by atoms with E-state index in [4.69, 9.17) is 0 Å². The molecular weight excluding hydrogens is 296 g/mol. The Morgan fingerprint density at radius 3 is 2.50 bits per heavy atom. The second-order valence-corrected chi connectivity index (χ2v) is 4.94. The van der Waals surface area contributed by atoms with Crippen LogP contribution in [-0.4, -0.2) is 24.7 Å². The van der Waals surface area contributed by atoms with E-state index in [2.05, 4.69) is 26.1 Å². The lowest BCUT2D eigenvalue weighted by atomic mass is 10.0. The van der Waals surface area contributed by atoms with Crippen molar-refractivity contribution in [2.45, 2.75) is 32.9 Å². The molecule has 0 aromatic carbocycles. The van der Waals surface area contributed by atoms with Crippen molar-refractivity contribution in [2.24, 2.45) is 7.05 Å². The highest BCUT2D eigenvalue weighted by atomic mass is 79.9. The molecule has 0 bridgehead atoms. The van der Waals surface area contributed by atoms with Crippen molar-refractivity contribution >= 4 is 15.9 Å². The molecule has 18 heavy (non-hydrogen) atoms. The van der Waals surface area contributed by atoms with Gasteiger partial charge in [0.25, 0.3) is 0 Å². The lowest BCUT2D eigenvalue weighted by molar-refractivity contribution is 0.218. The molecule has 0 aliphatic carbocycles. The number of nitrogens with zero attached hydrogens (tertiary/aromatic N) is 4. The fraction of sp³-hybridized carbons (Fsp3) is 0.500. The lowest BCUT2D eigenvalue weighted by Gasteiger charge is -2.08. The molecule has 1 atom stereocenters. The standard InChI is InChI=1S/C12H17BrN4O/c1-4-10-8(7-17(5-2)14-10)11(18)9-6-16(3)15-12(9)13/h6-7,11,18H,4-5H2,1-3H3. The summed E-state index contributed by atoms with van der Waals surface area (Å²) in [5.74, 6) is 0. The summed E-state index contributed by atoms with van der Waals surface area (Å²) in [7, 11) is 1.83. The predicted octanol–water partition coefficient (Wildman–Crippen LogP) is 2.04. The van der Waals surface area contributed by atoms with Gasteiger partial charge >= 0.3 is 0 Å². The van der Waals surface area contributed by atoms with Crippen molar-refractivity contribution in [3.63, 3.8) is 0 Å². The molecular formula is C12H17BrN4O. The molecule has 0 aliphatic rings. The van der Waals surface area contributed by atoms with E-state index in [9.17, 15) is 5.11 Å². The van der Waals surface area contributed by atoms with Gasteiger partial charge in [-0.15, -0.1) is 0 Å². The molecule has 2 rings (SSSR count). The number of aliphatic hydroxyl groups is 1. The van der Waals surface area contributed by atoms with Crippen molar-refractivity contribution in [2.75, 3.05) is 0 Å². The van der Waals surface area contributed by atoms with Crippen molar-refractivity contribution < 1.29 is 5.11 Å². The number of aryl methyl sites for hydroxylation is 3. The minimum absolute atomic E-state index is 0.670. The minimum atomic E-state index is -0.691. The Bertz CT molecular complexity index is 546. The largest absolute Gasteiger partial charge is 0.383 e. The fourth-order valence-electron chi connectivity index (χ4n) is 1.97. The zero-order valence-corrected chi connectivity index (χ0v) is 12.3. The molecule has 0 radical (unpaired) electrons. The van der Waals surface area contributed by atoms with Gasteiger partial charge < -0.3 is 5.11 Å². The van der Waals surface area contributed by atoms with Crippen molar-refractivity contribution in [3.05, 3.63) is 33.8 Å². The monoisotopic (exact) mass is 312 g/mol. The van der Waals surface area contributed by atoms with Gasteiger partial charge in [-0.3, -0.25) is 9.36 Å². The molecule has 0 amide bonds. The molecule has 2 aromatic rings. The van der Waals surface area contributed by atoms with Crippen LogP contribution < -0.4 is 0 Å². The number of aliphatic hydroxyl groups excluding tert-OH is 1. The topological polar surface area (TPSA) is 55.9 Å². The minimum Gasteiger partial charge on any atom is -0.383 e. The molecule has 0 aliphatic heterocycles. The van der Waals surface area contributed by atoms with Crippen LogP contribution in [0.4, 0.5) is 0 Å². The van der Waals surface area contributed by atoms with Gasteiger partial charge in [0.2, 0.25) is 0 Å². The predicted molar refractivity (Wildman–Crippen MR) is 72.2 cm³/mol. The summed E-state index contributed by atoms with van der Waals surface area (Å²) in [5.41, 5.74) is 2.55. The lowest BCUT2D eigenvalue weighted by Crippen LogP contribution is -2.01. The number of halogens is 1. The van der Waals surface area contributed by atoms with Crippen LogP contribution in [-0.2, 0) is 20.0 Å². The number of rotatable bonds is 4. The first-order valence-electron chi connectivity index (χ1n) is 6.00. The first-order chi connectivity index (χ1) is 8.56. The van der Waals surface area contributed by atoms with Gasteiger partial charge in [0.05, 0.1) is 5.69 Å². The SMILES string of the molecule is CCc1nn(CC)cc1C(O)c1cn(C)nc1Br. The molecule has 2 heterocycles. The van der Waals surface area contributed by atoms with Crippen LogP contribution in [0.25, 0.3) is 0 Å². The molecule has 0 spiro atoms. The van der Waals surface area contributed by atoms with Gasteiger partial charge in [-0.05, 0) is 29.3 Å². The quantitative estimate of drug-likeness (QED) is 0.940. The van der Waals surface area contributed by atoms with E-state index in [-0.39, 0.29) is 0 Å². The number of hydrogen-bond donors (Lipinski definition) is 1.